The van der Waals surface area contributed by atoms with Crippen LogP contribution >= 0.6 is 0 Å². The van der Waals surface area contributed by atoms with Crippen molar-refractivity contribution in [1.82, 2.24) is 9.55 Å². The van der Waals surface area contributed by atoms with Gasteiger partial charge in [0.1, 0.15) is 5.82 Å². The van der Waals surface area contributed by atoms with E-state index in [0.29, 0.717) is 16.7 Å². The van der Waals surface area contributed by atoms with Crippen LogP contribution in [-0.2, 0) is 0 Å². The minimum Gasteiger partial charge on any atom is -0.453 e. The van der Waals surface area contributed by atoms with Crippen molar-refractivity contribution < 1.29 is 4.74 Å². The number of fused-ring (bicyclic) bond motifs is 3. The van der Waals surface area contributed by atoms with Gasteiger partial charge >= 0.3 is 0 Å². The van der Waals surface area contributed by atoms with E-state index < -0.39 is 0 Å². The fourth-order valence-corrected chi connectivity index (χ4v) is 5.75. The number of benzene rings is 6. The number of para-hydroxylation sites is 5. The van der Waals surface area contributed by atoms with Crippen LogP contribution in [0.3, 0.4) is 0 Å². The molecule has 0 fully saturated rings. The molecule has 0 amide bonds. The van der Waals surface area contributed by atoms with Gasteiger partial charge in [-0.1, -0.05) is 91.0 Å². The first-order chi connectivity index (χ1) is 21.2. The van der Waals surface area contributed by atoms with Gasteiger partial charge in [0.2, 0.25) is 0 Å². The highest BCUT2D eigenvalue weighted by atomic mass is 16.5. The zero-order valence-electron chi connectivity index (χ0n) is 23.1. The van der Waals surface area contributed by atoms with Gasteiger partial charge in [-0.05, 0) is 71.8 Å². The monoisotopic (exact) mass is 555 g/mol. The van der Waals surface area contributed by atoms with Crippen LogP contribution in [0.25, 0.3) is 39.1 Å². The van der Waals surface area contributed by atoms with Crippen molar-refractivity contribution in [2.24, 2.45) is 0 Å². The highest BCUT2D eigenvalue weighted by molar-refractivity contribution is 5.88. The molecule has 204 valence electrons. The van der Waals surface area contributed by atoms with Crippen molar-refractivity contribution in [2.75, 3.05) is 4.90 Å². The Kier molecular flexibility index (Phi) is 5.86. The number of nitrogens with zero attached hydrogens (tertiary/aromatic N) is 3. The van der Waals surface area contributed by atoms with Gasteiger partial charge in [-0.2, -0.15) is 0 Å². The molecule has 43 heavy (non-hydrogen) atoms. The van der Waals surface area contributed by atoms with E-state index in [9.17, 15) is 4.79 Å². The fourth-order valence-electron chi connectivity index (χ4n) is 5.75. The molecule has 1 aliphatic rings. The van der Waals surface area contributed by atoms with E-state index in [1.165, 1.54) is 0 Å². The predicted molar refractivity (Wildman–Crippen MR) is 173 cm³/mol. The normalized spacial score (nSPS) is 12.0. The third kappa shape index (κ3) is 4.26. The van der Waals surface area contributed by atoms with Crippen molar-refractivity contribution in [1.29, 1.82) is 0 Å². The average Bonchev–Trinajstić information content (AvgIpc) is 3.08. The first-order valence-electron chi connectivity index (χ1n) is 14.2. The molecule has 0 bridgehead atoms. The Morgan fingerprint density at radius 1 is 0.512 bits per heavy atom. The van der Waals surface area contributed by atoms with Crippen molar-refractivity contribution in [2.45, 2.75) is 0 Å². The molecule has 0 spiro atoms. The van der Waals surface area contributed by atoms with Gasteiger partial charge in [-0.25, -0.2) is 4.98 Å². The molecule has 1 aromatic heterocycles. The summed E-state index contributed by atoms with van der Waals surface area (Å²) in [5, 5.41) is 0.590. The maximum atomic E-state index is 13.7. The second-order valence-corrected chi connectivity index (χ2v) is 10.4. The van der Waals surface area contributed by atoms with Gasteiger partial charge in [0.15, 0.2) is 11.5 Å². The summed E-state index contributed by atoms with van der Waals surface area (Å²) in [5.74, 6) is 2.20. The fraction of sp³-hybridized carbons (Fsp3) is 0. The molecule has 8 rings (SSSR count). The number of ether oxygens (including phenoxy) is 1. The summed E-state index contributed by atoms with van der Waals surface area (Å²) in [6.07, 6.45) is 0. The topological polar surface area (TPSA) is 47.4 Å². The van der Waals surface area contributed by atoms with Crippen LogP contribution in [0.1, 0.15) is 0 Å². The van der Waals surface area contributed by atoms with E-state index in [2.05, 4.69) is 53.4 Å². The van der Waals surface area contributed by atoms with Crippen LogP contribution in [0.2, 0.25) is 0 Å². The lowest BCUT2D eigenvalue weighted by Crippen LogP contribution is -2.21. The smallest absolute Gasteiger partial charge is 0.266 e. The lowest BCUT2D eigenvalue weighted by molar-refractivity contribution is 0.477. The summed E-state index contributed by atoms with van der Waals surface area (Å²) in [7, 11) is 0. The minimum atomic E-state index is -0.0917. The molecule has 0 radical (unpaired) electrons. The summed E-state index contributed by atoms with van der Waals surface area (Å²) >= 11 is 0. The van der Waals surface area contributed by atoms with E-state index in [1.807, 2.05) is 103 Å². The molecule has 0 atom stereocenters. The summed E-state index contributed by atoms with van der Waals surface area (Å²) in [6.45, 7) is 0. The number of anilines is 3. The Labute approximate surface area is 248 Å². The lowest BCUT2D eigenvalue weighted by atomic mass is 10.0. The minimum absolute atomic E-state index is 0.0917. The summed E-state index contributed by atoms with van der Waals surface area (Å²) in [6, 6.07) is 50.1. The Hall–Kier alpha value is -5.94. The van der Waals surface area contributed by atoms with Crippen molar-refractivity contribution in [3.63, 3.8) is 0 Å². The van der Waals surface area contributed by atoms with Crippen LogP contribution in [0.15, 0.2) is 156 Å². The van der Waals surface area contributed by atoms with Crippen LogP contribution in [0.5, 0.6) is 11.5 Å². The van der Waals surface area contributed by atoms with Crippen LogP contribution in [-0.4, -0.2) is 9.55 Å². The Morgan fingerprint density at radius 2 is 1.12 bits per heavy atom. The SMILES string of the molecule is O=c1c2ccccc2nc(-c2ccc(-c3ccc4c(c3)Oc3ccccc3N4c3ccccc3)cc2)n1-c1ccccc1. The number of hydrogen-bond acceptors (Lipinski definition) is 4. The van der Waals surface area contributed by atoms with Crippen LogP contribution in [0, 0.1) is 0 Å². The molecule has 0 unspecified atom stereocenters. The predicted octanol–water partition coefficient (Wildman–Crippen LogP) is 9.30. The van der Waals surface area contributed by atoms with E-state index in [-0.39, 0.29) is 5.56 Å². The molecule has 0 saturated carbocycles. The second-order valence-electron chi connectivity index (χ2n) is 10.4. The molecule has 5 heteroatoms. The van der Waals surface area contributed by atoms with Crippen LogP contribution < -0.4 is 15.2 Å². The Balaban J connectivity index is 1.21. The average molecular weight is 556 g/mol. The van der Waals surface area contributed by atoms with Gasteiger partial charge in [0, 0.05) is 11.3 Å². The van der Waals surface area contributed by atoms with Gasteiger partial charge in [0.25, 0.3) is 5.56 Å². The maximum absolute atomic E-state index is 13.7. The molecule has 0 saturated heterocycles. The molecule has 1 aliphatic heterocycles. The van der Waals surface area contributed by atoms with Crippen molar-refractivity contribution in [3.05, 3.63) is 162 Å². The zero-order chi connectivity index (χ0) is 28.8. The lowest BCUT2D eigenvalue weighted by Gasteiger charge is -2.33. The highest BCUT2D eigenvalue weighted by Crippen LogP contribution is 2.51. The summed E-state index contributed by atoms with van der Waals surface area (Å²) < 4.78 is 8.11. The van der Waals surface area contributed by atoms with Crippen molar-refractivity contribution >= 4 is 28.0 Å². The zero-order valence-corrected chi connectivity index (χ0v) is 23.1. The van der Waals surface area contributed by atoms with Crippen LogP contribution in [0.4, 0.5) is 17.1 Å². The second kappa shape index (κ2) is 10.2. The number of hydrogen-bond donors (Lipinski definition) is 0. The number of rotatable bonds is 4. The molecule has 0 aliphatic carbocycles. The quantitative estimate of drug-likeness (QED) is 0.217. The largest absolute Gasteiger partial charge is 0.453 e. The standard InChI is InChI=1S/C38H25N3O2/c42-38-31-15-7-8-16-32(31)39-37(41(38)30-13-5-2-6-14-30)27-21-19-26(20-22-27)28-23-24-34-36(25-28)43-35-18-10-9-17-33(35)40(34)29-11-3-1-4-12-29/h1-25H. The third-order valence-corrected chi connectivity index (χ3v) is 7.81. The van der Waals surface area contributed by atoms with Gasteiger partial charge in [0.05, 0.1) is 28.0 Å². The Morgan fingerprint density at radius 3 is 1.91 bits per heavy atom. The van der Waals surface area contributed by atoms with E-state index in [4.69, 9.17) is 9.72 Å². The van der Waals surface area contributed by atoms with E-state index >= 15 is 0 Å². The van der Waals surface area contributed by atoms with Gasteiger partial charge in [-0.15, -0.1) is 0 Å². The first-order valence-corrected chi connectivity index (χ1v) is 14.2. The summed E-state index contributed by atoms with van der Waals surface area (Å²) in [4.78, 5) is 20.8. The Bertz CT molecular complexity index is 2170. The molecular weight excluding hydrogens is 530 g/mol. The van der Waals surface area contributed by atoms with E-state index in [0.717, 1.165) is 50.9 Å². The number of aromatic nitrogens is 2. The molecule has 7 aromatic rings. The third-order valence-electron chi connectivity index (χ3n) is 7.81. The van der Waals surface area contributed by atoms with Gasteiger partial charge in [-0.3, -0.25) is 9.36 Å². The molecule has 6 aromatic carbocycles. The highest BCUT2D eigenvalue weighted by Gasteiger charge is 2.26. The maximum Gasteiger partial charge on any atom is 0.266 e. The first kappa shape index (κ1) is 24.8. The molecular formula is C38H25N3O2. The van der Waals surface area contributed by atoms with Gasteiger partial charge < -0.3 is 9.64 Å². The molecule has 5 nitrogen and oxygen atoms in total. The van der Waals surface area contributed by atoms with E-state index in [1.54, 1.807) is 4.57 Å². The molecule has 0 N–H and O–H groups in total. The molecule has 2 heterocycles. The van der Waals surface area contributed by atoms with Crippen molar-refractivity contribution in [3.8, 4) is 39.7 Å². The summed E-state index contributed by atoms with van der Waals surface area (Å²) in [5.41, 5.74) is 7.35.